The van der Waals surface area contributed by atoms with Gasteiger partial charge in [0.25, 0.3) is 5.91 Å². The molecule has 0 bridgehead atoms. The van der Waals surface area contributed by atoms with Crippen LogP contribution in [0.25, 0.3) is 0 Å². The Hall–Kier alpha value is -1.60. The van der Waals surface area contributed by atoms with Crippen LogP contribution in [0.5, 0.6) is 0 Å². The number of aryl methyl sites for hydroxylation is 1. The van der Waals surface area contributed by atoms with Crippen LogP contribution in [0, 0.1) is 0 Å². The van der Waals surface area contributed by atoms with Crippen LogP contribution in [0.3, 0.4) is 0 Å². The fraction of sp³-hybridized carbons (Fsp3) is 0.667. The molecule has 2 heterocycles. The van der Waals surface area contributed by atoms with Gasteiger partial charge in [-0.15, -0.1) is 0 Å². The van der Waals surface area contributed by atoms with Crippen LogP contribution >= 0.6 is 0 Å². The molecule has 3 N–H and O–H groups in total. The minimum Gasteiger partial charge on any atom is -0.396 e. The van der Waals surface area contributed by atoms with Crippen molar-refractivity contribution < 1.29 is 9.90 Å². The first-order valence-corrected chi connectivity index (χ1v) is 6.31. The molecule has 0 aromatic carbocycles. The first-order chi connectivity index (χ1) is 8.90. The Morgan fingerprint density at radius 2 is 2.32 bits per heavy atom. The molecule has 0 radical (unpaired) electrons. The van der Waals surface area contributed by atoms with Crippen molar-refractivity contribution >= 4 is 11.6 Å². The van der Waals surface area contributed by atoms with Gasteiger partial charge in [0.05, 0.1) is 18.0 Å². The highest BCUT2D eigenvalue weighted by Crippen LogP contribution is 2.23. The Kier molecular flexibility index (Phi) is 3.77. The number of nitrogens with zero attached hydrogens (tertiary/aromatic N) is 4. The van der Waals surface area contributed by atoms with Crippen molar-refractivity contribution in [3.63, 3.8) is 0 Å². The van der Waals surface area contributed by atoms with Gasteiger partial charge in [0.1, 0.15) is 5.69 Å². The third-order valence-corrected chi connectivity index (χ3v) is 3.40. The molecule has 2 atom stereocenters. The van der Waals surface area contributed by atoms with Crippen molar-refractivity contribution in [1.29, 1.82) is 0 Å². The molecule has 19 heavy (non-hydrogen) atoms. The van der Waals surface area contributed by atoms with Gasteiger partial charge in [-0.05, 0) is 20.5 Å². The molecule has 1 saturated heterocycles. The van der Waals surface area contributed by atoms with Crippen molar-refractivity contribution in [2.75, 3.05) is 32.9 Å². The van der Waals surface area contributed by atoms with Crippen LogP contribution in [0.4, 0.5) is 5.69 Å². The summed E-state index contributed by atoms with van der Waals surface area (Å²) in [6.07, 6.45) is 1.60. The molecule has 2 rings (SSSR count). The van der Waals surface area contributed by atoms with Gasteiger partial charge in [-0.2, -0.15) is 5.10 Å². The first-order valence-electron chi connectivity index (χ1n) is 6.31. The van der Waals surface area contributed by atoms with Crippen molar-refractivity contribution in [2.45, 2.75) is 18.6 Å². The highest BCUT2D eigenvalue weighted by Gasteiger charge is 2.36. The number of aromatic nitrogens is 2. The van der Waals surface area contributed by atoms with Crippen molar-refractivity contribution in [1.82, 2.24) is 19.6 Å². The highest BCUT2D eigenvalue weighted by molar-refractivity contribution is 5.97. The zero-order chi connectivity index (χ0) is 14.2. The van der Waals surface area contributed by atoms with Gasteiger partial charge in [-0.25, -0.2) is 0 Å². The number of aliphatic hydroxyl groups excluding tert-OH is 1. The maximum atomic E-state index is 12.5. The molecule has 1 aliphatic heterocycles. The average Bonchev–Trinajstić information content (AvgIpc) is 2.81. The largest absolute Gasteiger partial charge is 0.396 e. The van der Waals surface area contributed by atoms with E-state index in [1.807, 2.05) is 19.0 Å². The van der Waals surface area contributed by atoms with Crippen LogP contribution in [0.2, 0.25) is 0 Å². The smallest absolute Gasteiger partial charge is 0.274 e. The molecule has 0 aliphatic carbocycles. The van der Waals surface area contributed by atoms with Crippen LogP contribution in [0.15, 0.2) is 6.20 Å². The number of likely N-dealkylation sites (N-methyl/N-ethyl adjacent to an activating group) is 1. The van der Waals surface area contributed by atoms with Gasteiger partial charge in [0.2, 0.25) is 0 Å². The summed E-state index contributed by atoms with van der Waals surface area (Å²) in [6.45, 7) is 1.07. The second-order valence-electron chi connectivity index (χ2n) is 5.34. The van der Waals surface area contributed by atoms with Gasteiger partial charge in [-0.3, -0.25) is 9.48 Å². The van der Waals surface area contributed by atoms with Gasteiger partial charge in [-0.1, -0.05) is 0 Å². The third-order valence-electron chi connectivity index (χ3n) is 3.40. The monoisotopic (exact) mass is 267 g/mol. The molecule has 1 aromatic rings. The lowest BCUT2D eigenvalue weighted by molar-refractivity contribution is 0.0689. The predicted molar refractivity (Wildman–Crippen MR) is 71.6 cm³/mol. The lowest BCUT2D eigenvalue weighted by Gasteiger charge is -2.26. The number of β-amino-alcohol motifs (C(OH)–C–C–N with tert-alkyl or cyclic N) is 1. The molecule has 1 amide bonds. The minimum atomic E-state index is -0.469. The average molecular weight is 267 g/mol. The Morgan fingerprint density at radius 1 is 1.63 bits per heavy atom. The summed E-state index contributed by atoms with van der Waals surface area (Å²) >= 11 is 0. The number of amides is 1. The molecule has 1 fully saturated rings. The summed E-state index contributed by atoms with van der Waals surface area (Å²) in [5.41, 5.74) is 6.55. The number of hydrogen-bond donors (Lipinski definition) is 2. The maximum absolute atomic E-state index is 12.5. The zero-order valence-corrected chi connectivity index (χ0v) is 11.6. The van der Waals surface area contributed by atoms with E-state index in [0.29, 0.717) is 24.3 Å². The topological polar surface area (TPSA) is 87.6 Å². The van der Waals surface area contributed by atoms with E-state index in [1.54, 1.807) is 11.9 Å². The molecule has 7 nitrogen and oxygen atoms in total. The maximum Gasteiger partial charge on any atom is 0.274 e. The van der Waals surface area contributed by atoms with Gasteiger partial charge in [0.15, 0.2) is 0 Å². The molecule has 2 unspecified atom stereocenters. The molecule has 7 heteroatoms. The summed E-state index contributed by atoms with van der Waals surface area (Å²) in [5.74, 6) is -0.166. The van der Waals surface area contributed by atoms with Crippen molar-refractivity contribution in [3.05, 3.63) is 11.9 Å². The molecule has 1 aromatic heterocycles. The summed E-state index contributed by atoms with van der Waals surface area (Å²) in [6, 6.07) is 0.00630. The number of carbonyl (C=O) groups excluding carboxylic acids is 1. The van der Waals surface area contributed by atoms with Crippen LogP contribution in [-0.4, -0.2) is 69.9 Å². The molecular weight excluding hydrogens is 246 g/mol. The number of aliphatic hydroxyl groups is 1. The molecule has 1 aliphatic rings. The fourth-order valence-corrected chi connectivity index (χ4v) is 2.59. The predicted octanol–water partition coefficient (Wildman–Crippen LogP) is -0.861. The second-order valence-corrected chi connectivity index (χ2v) is 5.34. The fourth-order valence-electron chi connectivity index (χ4n) is 2.59. The van der Waals surface area contributed by atoms with E-state index >= 15 is 0 Å². The minimum absolute atomic E-state index is 0.00630. The van der Waals surface area contributed by atoms with Crippen LogP contribution in [-0.2, 0) is 7.05 Å². The number of carbonyl (C=O) groups is 1. The lowest BCUT2D eigenvalue weighted by atomic mass is 10.2. The standard InChI is InChI=1S/C12H21N5O2/c1-15(2)6-8-4-9(18)7-17(8)12(19)11-10(13)5-14-16(11)3/h5,8-9,18H,4,6-7,13H2,1-3H3. The highest BCUT2D eigenvalue weighted by atomic mass is 16.3. The van der Waals surface area contributed by atoms with E-state index < -0.39 is 6.10 Å². The lowest BCUT2D eigenvalue weighted by Crippen LogP contribution is -2.42. The molecular formula is C12H21N5O2. The van der Waals surface area contributed by atoms with Crippen molar-refractivity contribution in [3.8, 4) is 0 Å². The summed E-state index contributed by atoms with van der Waals surface area (Å²) in [4.78, 5) is 16.2. The van der Waals surface area contributed by atoms with Crippen LogP contribution < -0.4 is 5.73 Å². The van der Waals surface area contributed by atoms with Gasteiger partial charge < -0.3 is 20.6 Å². The normalized spacial score (nSPS) is 23.3. The SMILES string of the molecule is CN(C)CC1CC(O)CN1C(=O)c1c(N)cnn1C. The molecule has 106 valence electrons. The van der Waals surface area contributed by atoms with E-state index in [1.165, 1.54) is 10.9 Å². The van der Waals surface area contributed by atoms with Gasteiger partial charge in [0, 0.05) is 26.2 Å². The molecule has 0 saturated carbocycles. The quantitative estimate of drug-likeness (QED) is 0.744. The van der Waals surface area contributed by atoms with Gasteiger partial charge >= 0.3 is 0 Å². The summed E-state index contributed by atoms with van der Waals surface area (Å²) in [7, 11) is 5.59. The zero-order valence-electron chi connectivity index (χ0n) is 11.6. The van der Waals surface area contributed by atoms with E-state index in [9.17, 15) is 9.90 Å². The first kappa shape index (κ1) is 13.8. The Labute approximate surface area is 112 Å². The van der Waals surface area contributed by atoms with E-state index in [-0.39, 0.29) is 11.9 Å². The summed E-state index contributed by atoms with van der Waals surface area (Å²) < 4.78 is 1.48. The summed E-state index contributed by atoms with van der Waals surface area (Å²) in [5, 5.41) is 13.8. The van der Waals surface area contributed by atoms with Crippen molar-refractivity contribution in [2.24, 2.45) is 7.05 Å². The number of anilines is 1. The number of rotatable bonds is 3. The number of hydrogen-bond acceptors (Lipinski definition) is 5. The Balaban J connectivity index is 2.22. The van der Waals surface area contributed by atoms with E-state index in [2.05, 4.69) is 5.10 Å². The van der Waals surface area contributed by atoms with E-state index in [0.717, 1.165) is 6.54 Å². The number of nitrogen functional groups attached to an aromatic ring is 1. The number of likely N-dealkylation sites (tertiary alicyclic amines) is 1. The Bertz CT molecular complexity index is 451. The van der Waals surface area contributed by atoms with E-state index in [4.69, 9.17) is 5.73 Å². The second kappa shape index (κ2) is 5.18. The Morgan fingerprint density at radius 3 is 2.84 bits per heavy atom. The van der Waals surface area contributed by atoms with Crippen LogP contribution in [0.1, 0.15) is 16.9 Å². The molecule has 0 spiro atoms. The third kappa shape index (κ3) is 2.71. The number of nitrogens with two attached hydrogens (primary N) is 1.